The van der Waals surface area contributed by atoms with Crippen molar-refractivity contribution in [3.8, 4) is 17.2 Å². The molecule has 3 aromatic carbocycles. The Morgan fingerprint density at radius 3 is 2.36 bits per heavy atom. The standard InChI is InChI=1S/C27H27FN2O5S/c1-33-24-13-16(14-25(34-2)27(24)35-3)26-19-8-6-7-18(19)20-15-17(11-12-22(20)29-26)36(31,32)30-23-10-5-4-9-21(23)28/h4-7,9-15,18-19,26,29-30H,8H2,1-3H3/t18-,19-,26-/m0/s1. The number of hydrogen-bond acceptors (Lipinski definition) is 6. The van der Waals surface area contributed by atoms with Gasteiger partial charge in [0, 0.05) is 11.6 Å². The van der Waals surface area contributed by atoms with Crippen molar-refractivity contribution in [3.63, 3.8) is 0 Å². The molecule has 5 rings (SSSR count). The lowest BCUT2D eigenvalue weighted by atomic mass is 9.77. The van der Waals surface area contributed by atoms with Crippen molar-refractivity contribution in [2.75, 3.05) is 31.4 Å². The van der Waals surface area contributed by atoms with E-state index in [4.69, 9.17) is 14.2 Å². The molecule has 0 saturated carbocycles. The summed E-state index contributed by atoms with van der Waals surface area (Å²) >= 11 is 0. The first-order chi connectivity index (χ1) is 17.4. The van der Waals surface area contributed by atoms with Gasteiger partial charge in [-0.2, -0.15) is 0 Å². The van der Waals surface area contributed by atoms with Gasteiger partial charge in [0.15, 0.2) is 11.5 Å². The lowest BCUT2D eigenvalue weighted by Gasteiger charge is -2.38. The third-order valence-corrected chi connectivity index (χ3v) is 8.17. The summed E-state index contributed by atoms with van der Waals surface area (Å²) in [6.07, 6.45) is 5.06. The van der Waals surface area contributed by atoms with Crippen LogP contribution in [0.4, 0.5) is 15.8 Å². The van der Waals surface area contributed by atoms with Crippen molar-refractivity contribution in [2.24, 2.45) is 5.92 Å². The first-order valence-electron chi connectivity index (χ1n) is 11.5. The van der Waals surface area contributed by atoms with E-state index in [9.17, 15) is 12.8 Å². The van der Waals surface area contributed by atoms with Crippen LogP contribution in [-0.2, 0) is 10.0 Å². The van der Waals surface area contributed by atoms with E-state index in [1.807, 2.05) is 12.1 Å². The highest BCUT2D eigenvalue weighted by Crippen LogP contribution is 2.52. The van der Waals surface area contributed by atoms with E-state index in [2.05, 4.69) is 22.2 Å². The number of rotatable bonds is 7. The molecule has 0 amide bonds. The average molecular weight is 511 g/mol. The highest BCUT2D eigenvalue weighted by molar-refractivity contribution is 7.92. The van der Waals surface area contributed by atoms with Crippen molar-refractivity contribution in [1.29, 1.82) is 0 Å². The number of halogens is 1. The minimum absolute atomic E-state index is 0.00829. The summed E-state index contributed by atoms with van der Waals surface area (Å²) in [7, 11) is 0.760. The van der Waals surface area contributed by atoms with Gasteiger partial charge in [-0.05, 0) is 65.9 Å². The first kappa shape index (κ1) is 24.0. The summed E-state index contributed by atoms with van der Waals surface area (Å²) < 4.78 is 59.1. The molecule has 1 heterocycles. The van der Waals surface area contributed by atoms with Crippen LogP contribution in [0.15, 0.2) is 71.6 Å². The lowest BCUT2D eigenvalue weighted by molar-refractivity contribution is 0.322. The number of benzene rings is 3. The monoisotopic (exact) mass is 510 g/mol. The third-order valence-electron chi connectivity index (χ3n) is 6.81. The molecule has 3 aromatic rings. The SMILES string of the molecule is COc1cc([C@@H]2Nc3ccc(S(=O)(=O)Nc4ccccc4F)cc3[C@H]3C=CC[C@@H]32)cc(OC)c1OC. The summed E-state index contributed by atoms with van der Waals surface area (Å²) in [4.78, 5) is 0.0802. The maximum Gasteiger partial charge on any atom is 0.261 e. The summed E-state index contributed by atoms with van der Waals surface area (Å²) in [5.41, 5.74) is 2.61. The van der Waals surface area contributed by atoms with Crippen molar-refractivity contribution in [2.45, 2.75) is 23.3 Å². The van der Waals surface area contributed by atoms with Crippen LogP contribution in [0.1, 0.15) is 29.5 Å². The molecule has 0 saturated heterocycles. The number of nitrogens with one attached hydrogen (secondary N) is 2. The largest absolute Gasteiger partial charge is 0.493 e. The van der Waals surface area contributed by atoms with Crippen LogP contribution in [0, 0.1) is 11.7 Å². The fraction of sp³-hybridized carbons (Fsp3) is 0.259. The zero-order valence-corrected chi connectivity index (χ0v) is 20.9. The zero-order chi connectivity index (χ0) is 25.4. The molecule has 0 bridgehead atoms. The molecule has 0 spiro atoms. The number of ether oxygens (including phenoxy) is 3. The number of allylic oxidation sites excluding steroid dienone is 2. The molecule has 0 aromatic heterocycles. The fourth-order valence-electron chi connectivity index (χ4n) is 5.10. The van der Waals surface area contributed by atoms with E-state index >= 15 is 0 Å². The molecule has 3 atom stereocenters. The second kappa shape index (κ2) is 9.39. The Balaban J connectivity index is 1.51. The van der Waals surface area contributed by atoms with Gasteiger partial charge < -0.3 is 19.5 Å². The van der Waals surface area contributed by atoms with Crippen molar-refractivity contribution < 1.29 is 27.0 Å². The minimum Gasteiger partial charge on any atom is -0.493 e. The van der Waals surface area contributed by atoms with Gasteiger partial charge in [-0.1, -0.05) is 24.3 Å². The van der Waals surface area contributed by atoms with Crippen molar-refractivity contribution in [3.05, 3.63) is 83.7 Å². The predicted octanol–water partition coefficient (Wildman–Crippen LogP) is 5.48. The van der Waals surface area contributed by atoms with Gasteiger partial charge in [0.25, 0.3) is 10.0 Å². The van der Waals surface area contributed by atoms with Gasteiger partial charge in [0.1, 0.15) is 5.82 Å². The van der Waals surface area contributed by atoms with Gasteiger partial charge in [0.05, 0.1) is 38.0 Å². The highest BCUT2D eigenvalue weighted by Gasteiger charge is 2.39. The van der Waals surface area contributed by atoms with Crippen LogP contribution >= 0.6 is 0 Å². The van der Waals surface area contributed by atoms with Crippen LogP contribution in [0.2, 0.25) is 0 Å². The Kier molecular flexibility index (Phi) is 6.26. The van der Waals surface area contributed by atoms with E-state index in [-0.39, 0.29) is 28.5 Å². The number of hydrogen-bond donors (Lipinski definition) is 2. The molecule has 1 aliphatic heterocycles. The van der Waals surface area contributed by atoms with Gasteiger partial charge in [-0.3, -0.25) is 4.72 Å². The number of fused-ring (bicyclic) bond motifs is 3. The van der Waals surface area contributed by atoms with E-state index < -0.39 is 15.8 Å². The minimum atomic E-state index is -3.98. The van der Waals surface area contributed by atoms with E-state index in [1.165, 1.54) is 24.3 Å². The molecular weight excluding hydrogens is 483 g/mol. The van der Waals surface area contributed by atoms with Gasteiger partial charge in [0.2, 0.25) is 5.75 Å². The number of anilines is 2. The van der Waals surface area contributed by atoms with Crippen molar-refractivity contribution >= 4 is 21.4 Å². The Labute approximate surface area is 209 Å². The quantitative estimate of drug-likeness (QED) is 0.410. The maximum absolute atomic E-state index is 14.1. The first-order valence-corrected chi connectivity index (χ1v) is 13.0. The molecule has 9 heteroatoms. The van der Waals surface area contributed by atoms with Crippen molar-refractivity contribution in [1.82, 2.24) is 0 Å². The van der Waals surface area contributed by atoms with Crippen LogP contribution in [0.25, 0.3) is 0 Å². The van der Waals surface area contributed by atoms with Gasteiger partial charge in [-0.25, -0.2) is 12.8 Å². The normalized spacial score (nSPS) is 20.2. The van der Waals surface area contributed by atoms with Crippen LogP contribution in [0.3, 0.4) is 0 Å². The van der Waals surface area contributed by atoms with Gasteiger partial charge in [-0.15, -0.1) is 0 Å². The molecule has 2 aliphatic rings. The lowest BCUT2D eigenvalue weighted by Crippen LogP contribution is -2.29. The predicted molar refractivity (Wildman–Crippen MR) is 136 cm³/mol. The molecular formula is C27H27FN2O5S. The van der Waals surface area contributed by atoms with E-state index in [1.54, 1.807) is 39.5 Å². The Morgan fingerprint density at radius 1 is 0.972 bits per heavy atom. The summed E-state index contributed by atoms with van der Waals surface area (Å²) in [5.74, 6) is 1.20. The third kappa shape index (κ3) is 4.13. The smallest absolute Gasteiger partial charge is 0.261 e. The van der Waals surface area contributed by atoms with Crippen LogP contribution in [0.5, 0.6) is 17.2 Å². The number of sulfonamides is 1. The summed E-state index contributed by atoms with van der Waals surface area (Å²) in [6, 6.07) is 14.5. The Hall–Kier alpha value is -3.72. The summed E-state index contributed by atoms with van der Waals surface area (Å²) in [5, 5.41) is 3.60. The van der Waals surface area contributed by atoms with E-state index in [0.29, 0.717) is 17.2 Å². The maximum atomic E-state index is 14.1. The second-order valence-electron chi connectivity index (χ2n) is 8.77. The summed E-state index contributed by atoms with van der Waals surface area (Å²) in [6.45, 7) is 0. The Morgan fingerprint density at radius 2 is 1.69 bits per heavy atom. The molecule has 0 radical (unpaired) electrons. The second-order valence-corrected chi connectivity index (χ2v) is 10.5. The fourth-order valence-corrected chi connectivity index (χ4v) is 6.20. The molecule has 0 fully saturated rings. The topological polar surface area (TPSA) is 85.9 Å². The number of para-hydroxylation sites is 1. The van der Waals surface area contributed by atoms with Gasteiger partial charge >= 0.3 is 0 Å². The molecule has 1 aliphatic carbocycles. The molecule has 36 heavy (non-hydrogen) atoms. The van der Waals surface area contributed by atoms with Crippen LogP contribution in [-0.4, -0.2) is 29.7 Å². The van der Waals surface area contributed by atoms with E-state index in [0.717, 1.165) is 23.2 Å². The molecule has 188 valence electrons. The van der Waals surface area contributed by atoms with Crippen LogP contribution < -0.4 is 24.2 Å². The molecule has 7 nitrogen and oxygen atoms in total. The zero-order valence-electron chi connectivity index (χ0n) is 20.1. The molecule has 0 unspecified atom stereocenters. The highest BCUT2D eigenvalue weighted by atomic mass is 32.2. The average Bonchev–Trinajstić information content (AvgIpc) is 3.38. The Bertz CT molecular complexity index is 1410. The molecule has 2 N–H and O–H groups in total. The number of methoxy groups -OCH3 is 3.